The van der Waals surface area contributed by atoms with Crippen molar-refractivity contribution in [3.63, 3.8) is 0 Å². The summed E-state index contributed by atoms with van der Waals surface area (Å²) in [5.74, 6) is -1.24. The van der Waals surface area contributed by atoms with Crippen LogP contribution >= 0.6 is 22.9 Å². The average Bonchev–Trinajstić information content (AvgIpc) is 3.77. The molecule has 0 saturated carbocycles. The molecule has 1 fully saturated rings. The molecule has 1 aromatic carbocycles. The maximum absolute atomic E-state index is 13.5. The molecule has 1 aliphatic rings. The van der Waals surface area contributed by atoms with Crippen LogP contribution in [-0.4, -0.2) is 61.5 Å². The van der Waals surface area contributed by atoms with Gasteiger partial charge in [-0.2, -0.15) is 0 Å². The minimum absolute atomic E-state index is 0.0129. The van der Waals surface area contributed by atoms with Crippen molar-refractivity contribution in [2.45, 2.75) is 31.3 Å². The van der Waals surface area contributed by atoms with Crippen LogP contribution in [0.2, 0.25) is 5.02 Å². The molecular weight excluding hydrogens is 562 g/mol. The van der Waals surface area contributed by atoms with Crippen LogP contribution in [0.25, 0.3) is 16.6 Å². The highest BCUT2D eigenvalue weighted by atomic mass is 35.5. The molecule has 2 amide bonds. The number of para-hydroxylation sites is 1. The maximum Gasteiger partial charge on any atom is 0.274 e. The zero-order valence-electron chi connectivity index (χ0n) is 22.2. The zero-order valence-corrected chi connectivity index (χ0v) is 23.8. The first-order valence-electron chi connectivity index (χ1n) is 13.3. The number of likely N-dealkylation sites (tertiary alicyclic amines) is 1. The number of imidazole rings is 1. The highest BCUT2D eigenvalue weighted by Gasteiger charge is 2.38. The molecule has 4 N–H and O–H groups in total. The first kappa shape index (κ1) is 27.1. The Morgan fingerprint density at radius 3 is 2.83 bits per heavy atom. The molecule has 1 saturated heterocycles. The lowest BCUT2D eigenvalue weighted by Gasteiger charge is -2.21. The standard InChI is InChI=1S/C29H28ClN7O3S/c1-32-27(39)16(8-17-11-33-21-5-3-2-4-20(17)21)9-25(38)23-15-41-28(35-23)24-10-19(31)13-37(24)29(40)22-14-36-12-18(30)6-7-26(36)34-22/h2-7,11-12,14-16,19,24,33H,8-10,13,31H2,1H3,(H,32,39)/t16-,19-,24+/m1/s1. The molecule has 6 rings (SSSR count). The monoisotopic (exact) mass is 589 g/mol. The fraction of sp³-hybridized carbons (Fsp3) is 0.276. The van der Waals surface area contributed by atoms with Crippen LogP contribution in [0.3, 0.4) is 0 Å². The number of nitrogens with one attached hydrogen (secondary N) is 2. The molecule has 0 radical (unpaired) electrons. The summed E-state index contributed by atoms with van der Waals surface area (Å²) < 4.78 is 1.71. The molecule has 41 heavy (non-hydrogen) atoms. The summed E-state index contributed by atoms with van der Waals surface area (Å²) in [6.07, 6.45) is 6.17. The van der Waals surface area contributed by atoms with E-state index < -0.39 is 5.92 Å². The van der Waals surface area contributed by atoms with Crippen molar-refractivity contribution in [1.29, 1.82) is 0 Å². The summed E-state index contributed by atoms with van der Waals surface area (Å²) in [5.41, 5.74) is 9.41. The predicted octanol–water partition coefficient (Wildman–Crippen LogP) is 4.02. The molecule has 0 bridgehead atoms. The highest BCUT2D eigenvalue weighted by Crippen LogP contribution is 2.35. The van der Waals surface area contributed by atoms with Gasteiger partial charge in [0.05, 0.1) is 11.1 Å². The van der Waals surface area contributed by atoms with E-state index in [0.717, 1.165) is 16.5 Å². The number of carbonyl (C=O) groups excluding carboxylic acids is 3. The Kier molecular flexibility index (Phi) is 7.33. The Morgan fingerprint density at radius 2 is 2.00 bits per heavy atom. The summed E-state index contributed by atoms with van der Waals surface area (Å²) in [6, 6.07) is 10.7. The molecule has 10 nitrogen and oxygen atoms in total. The third-order valence-corrected chi connectivity index (χ3v) is 8.68. The van der Waals surface area contributed by atoms with Crippen molar-refractivity contribution in [2.75, 3.05) is 13.6 Å². The van der Waals surface area contributed by atoms with Crippen molar-refractivity contribution in [3.8, 4) is 0 Å². The van der Waals surface area contributed by atoms with Crippen molar-refractivity contribution >= 4 is 57.1 Å². The molecule has 5 heterocycles. The first-order valence-corrected chi connectivity index (χ1v) is 14.5. The summed E-state index contributed by atoms with van der Waals surface area (Å²) in [5, 5.41) is 6.59. The SMILES string of the molecule is CNC(=O)[C@@H](CC(=O)c1csc([C@@H]2C[C@@H](N)CN2C(=O)c2cn3cc(Cl)ccc3n2)n1)Cc1c[nH]c2ccccc12. The Labute approximate surface area is 244 Å². The van der Waals surface area contributed by atoms with Gasteiger partial charge in [0.1, 0.15) is 22.0 Å². The number of amides is 2. The van der Waals surface area contributed by atoms with Gasteiger partial charge in [-0.25, -0.2) is 9.97 Å². The average molecular weight is 590 g/mol. The van der Waals surface area contributed by atoms with E-state index in [0.29, 0.717) is 35.1 Å². The number of nitrogens with two attached hydrogens (primary N) is 1. The van der Waals surface area contributed by atoms with E-state index in [-0.39, 0.29) is 47.5 Å². The Hall–Kier alpha value is -4.06. The topological polar surface area (TPSA) is 138 Å². The summed E-state index contributed by atoms with van der Waals surface area (Å²) >= 11 is 7.40. The van der Waals surface area contributed by atoms with Gasteiger partial charge >= 0.3 is 0 Å². The van der Waals surface area contributed by atoms with Gasteiger partial charge in [0.2, 0.25) is 5.91 Å². The number of hydrogen-bond acceptors (Lipinski definition) is 7. The molecule has 0 aliphatic carbocycles. The minimum atomic E-state index is -0.557. The fourth-order valence-electron chi connectivity index (χ4n) is 5.47. The van der Waals surface area contributed by atoms with Crippen LogP contribution in [0, 0.1) is 5.92 Å². The fourth-order valence-corrected chi connectivity index (χ4v) is 6.58. The van der Waals surface area contributed by atoms with E-state index in [1.54, 1.807) is 46.3 Å². The lowest BCUT2D eigenvalue weighted by atomic mass is 9.92. The number of hydrogen-bond donors (Lipinski definition) is 3. The summed E-state index contributed by atoms with van der Waals surface area (Å²) in [7, 11) is 1.57. The molecule has 0 spiro atoms. The number of Topliss-reactive ketones (excluding diaryl/α,β-unsaturated/α-hetero) is 1. The third kappa shape index (κ3) is 5.35. The number of thiazole rings is 1. The van der Waals surface area contributed by atoms with Gasteiger partial charge in [-0.1, -0.05) is 29.8 Å². The molecule has 3 atom stereocenters. The van der Waals surface area contributed by atoms with Crippen LogP contribution in [0.5, 0.6) is 0 Å². The minimum Gasteiger partial charge on any atom is -0.361 e. The number of ketones is 1. The number of halogens is 1. The van der Waals surface area contributed by atoms with Gasteiger partial charge < -0.3 is 25.3 Å². The van der Waals surface area contributed by atoms with E-state index in [9.17, 15) is 14.4 Å². The number of H-pyrrole nitrogens is 1. The molecule has 210 valence electrons. The summed E-state index contributed by atoms with van der Waals surface area (Å²) in [4.78, 5) is 53.6. The highest BCUT2D eigenvalue weighted by molar-refractivity contribution is 7.10. The number of nitrogens with zero attached hydrogens (tertiary/aromatic N) is 4. The largest absolute Gasteiger partial charge is 0.361 e. The van der Waals surface area contributed by atoms with Crippen molar-refractivity contribution in [3.05, 3.63) is 87.4 Å². The quantitative estimate of drug-likeness (QED) is 0.234. The maximum atomic E-state index is 13.5. The summed E-state index contributed by atoms with van der Waals surface area (Å²) in [6.45, 7) is 0.352. The molecule has 12 heteroatoms. The second-order valence-corrected chi connectivity index (χ2v) is 11.6. The van der Waals surface area contributed by atoms with Gasteiger partial charge in [-0.15, -0.1) is 11.3 Å². The Bertz CT molecular complexity index is 1780. The van der Waals surface area contributed by atoms with Crippen molar-refractivity contribution < 1.29 is 14.4 Å². The van der Waals surface area contributed by atoms with Gasteiger partial charge in [0.25, 0.3) is 5.91 Å². The second-order valence-electron chi connectivity index (χ2n) is 10.3. The predicted molar refractivity (Wildman–Crippen MR) is 157 cm³/mol. The van der Waals surface area contributed by atoms with Gasteiger partial charge in [-0.3, -0.25) is 14.4 Å². The van der Waals surface area contributed by atoms with Gasteiger partial charge in [-0.05, 0) is 36.6 Å². The van der Waals surface area contributed by atoms with Crippen LogP contribution in [0.1, 0.15) is 50.4 Å². The van der Waals surface area contributed by atoms with Crippen LogP contribution in [0.4, 0.5) is 0 Å². The van der Waals surface area contributed by atoms with Gasteiger partial charge in [0.15, 0.2) is 5.78 Å². The zero-order chi connectivity index (χ0) is 28.7. The van der Waals surface area contributed by atoms with Crippen LogP contribution in [-0.2, 0) is 11.2 Å². The lowest BCUT2D eigenvalue weighted by molar-refractivity contribution is -0.124. The van der Waals surface area contributed by atoms with Crippen LogP contribution in [0.15, 0.2) is 60.4 Å². The number of rotatable bonds is 8. The molecule has 5 aromatic rings. The van der Waals surface area contributed by atoms with E-state index >= 15 is 0 Å². The third-order valence-electron chi connectivity index (χ3n) is 7.51. The normalized spacial score (nSPS) is 17.8. The van der Waals surface area contributed by atoms with Gasteiger partial charge in [0, 0.05) is 66.8 Å². The van der Waals surface area contributed by atoms with E-state index in [1.807, 2.05) is 30.5 Å². The number of pyridine rings is 1. The Balaban J connectivity index is 1.20. The number of aromatic amines is 1. The van der Waals surface area contributed by atoms with Crippen molar-refractivity contribution in [1.82, 2.24) is 29.6 Å². The molecule has 4 aromatic heterocycles. The second kappa shape index (κ2) is 11.1. The van der Waals surface area contributed by atoms with E-state index in [1.165, 1.54) is 11.3 Å². The number of fused-ring (bicyclic) bond motifs is 2. The Morgan fingerprint density at radius 1 is 1.17 bits per heavy atom. The number of carbonyl (C=O) groups is 3. The van der Waals surface area contributed by atoms with E-state index in [4.69, 9.17) is 17.3 Å². The lowest BCUT2D eigenvalue weighted by Crippen LogP contribution is -2.33. The first-order chi connectivity index (χ1) is 19.8. The van der Waals surface area contributed by atoms with Crippen LogP contribution < -0.4 is 11.1 Å². The number of aromatic nitrogens is 4. The van der Waals surface area contributed by atoms with E-state index in [2.05, 4.69) is 20.3 Å². The molecular formula is C29H28ClN7O3S. The molecule has 0 unspecified atom stereocenters. The number of benzene rings is 1. The smallest absolute Gasteiger partial charge is 0.274 e. The van der Waals surface area contributed by atoms with Crippen molar-refractivity contribution in [2.24, 2.45) is 11.7 Å². The molecule has 1 aliphatic heterocycles.